The number of carbonyl (C=O) groups is 2. The van der Waals surface area contributed by atoms with Crippen LogP contribution in [0.3, 0.4) is 0 Å². The van der Waals surface area contributed by atoms with Gasteiger partial charge in [0.05, 0.1) is 16.1 Å². The SMILES string of the molecule is O=C1Nc2ccc(S(=O)(=O)N3CCN(CCOc4ccc(Cl)cc4)CC3)cc2C1=O. The Bertz CT molecular complexity index is 1080. The molecule has 0 aromatic heterocycles. The highest BCUT2D eigenvalue weighted by Crippen LogP contribution is 2.27. The first kappa shape index (κ1) is 20.8. The number of nitrogens with one attached hydrogen (secondary N) is 1. The van der Waals surface area contributed by atoms with E-state index in [1.807, 2.05) is 0 Å². The van der Waals surface area contributed by atoms with Gasteiger partial charge in [-0.2, -0.15) is 4.31 Å². The first-order valence-electron chi connectivity index (χ1n) is 9.45. The molecule has 0 saturated carbocycles. The standard InChI is InChI=1S/C20H20ClN3O5S/c21-14-1-3-15(4-2-14)29-12-11-23-7-9-24(10-8-23)30(27,28)16-5-6-18-17(13-16)19(25)20(26)22-18/h1-6,13H,7-12H2,(H,22,25,26). The molecule has 1 amide bonds. The molecule has 4 rings (SSSR count). The Kier molecular flexibility index (Phi) is 5.79. The number of anilines is 1. The highest BCUT2D eigenvalue weighted by Gasteiger charge is 2.33. The van der Waals surface area contributed by atoms with Gasteiger partial charge in [0.1, 0.15) is 12.4 Å². The van der Waals surface area contributed by atoms with E-state index in [4.69, 9.17) is 16.3 Å². The Morgan fingerprint density at radius 2 is 1.70 bits per heavy atom. The summed E-state index contributed by atoms with van der Waals surface area (Å²) >= 11 is 5.85. The maximum Gasteiger partial charge on any atom is 0.296 e. The molecule has 2 aliphatic heterocycles. The van der Waals surface area contributed by atoms with Crippen molar-refractivity contribution in [2.45, 2.75) is 4.90 Å². The number of piperazine rings is 1. The second-order valence-electron chi connectivity index (χ2n) is 7.04. The number of amides is 1. The first-order chi connectivity index (χ1) is 14.3. The van der Waals surface area contributed by atoms with Crippen molar-refractivity contribution >= 4 is 39.0 Å². The number of carbonyl (C=O) groups excluding carboxylic acids is 2. The van der Waals surface area contributed by atoms with Gasteiger partial charge >= 0.3 is 0 Å². The molecule has 0 spiro atoms. The Labute approximate surface area is 179 Å². The molecule has 30 heavy (non-hydrogen) atoms. The maximum absolute atomic E-state index is 13.0. The summed E-state index contributed by atoms with van der Waals surface area (Å²) in [5, 5.41) is 3.07. The molecule has 0 atom stereocenters. The number of hydrogen-bond acceptors (Lipinski definition) is 6. The van der Waals surface area contributed by atoms with Crippen molar-refractivity contribution in [3.8, 4) is 5.75 Å². The third kappa shape index (κ3) is 4.20. The van der Waals surface area contributed by atoms with Crippen LogP contribution in [0.5, 0.6) is 5.75 Å². The van der Waals surface area contributed by atoms with Crippen molar-refractivity contribution in [1.82, 2.24) is 9.21 Å². The Morgan fingerprint density at radius 1 is 1.00 bits per heavy atom. The molecule has 1 N–H and O–H groups in total. The van der Waals surface area contributed by atoms with Gasteiger partial charge in [-0.15, -0.1) is 0 Å². The quantitative estimate of drug-likeness (QED) is 0.676. The summed E-state index contributed by atoms with van der Waals surface area (Å²) in [6.07, 6.45) is 0. The molecule has 1 saturated heterocycles. The lowest BCUT2D eigenvalue weighted by atomic mass is 10.1. The number of fused-ring (bicyclic) bond motifs is 1. The number of benzene rings is 2. The molecule has 2 heterocycles. The van der Waals surface area contributed by atoms with Gasteiger partial charge in [0.25, 0.3) is 11.7 Å². The minimum absolute atomic E-state index is 0.0191. The van der Waals surface area contributed by atoms with Crippen LogP contribution >= 0.6 is 11.6 Å². The topological polar surface area (TPSA) is 96.0 Å². The van der Waals surface area contributed by atoms with E-state index >= 15 is 0 Å². The summed E-state index contributed by atoms with van der Waals surface area (Å²) in [7, 11) is -3.74. The van der Waals surface area contributed by atoms with E-state index < -0.39 is 21.7 Å². The Balaban J connectivity index is 1.33. The Hall–Kier alpha value is -2.46. The summed E-state index contributed by atoms with van der Waals surface area (Å²) in [6.45, 7) is 3.00. The maximum atomic E-state index is 13.0. The monoisotopic (exact) mass is 449 g/mol. The van der Waals surface area contributed by atoms with Crippen LogP contribution in [-0.4, -0.2) is 68.6 Å². The first-order valence-corrected chi connectivity index (χ1v) is 11.3. The summed E-state index contributed by atoms with van der Waals surface area (Å²) in [5.74, 6) is -0.721. The zero-order valence-electron chi connectivity index (χ0n) is 16.0. The molecule has 0 bridgehead atoms. The number of ketones is 1. The number of ether oxygens (including phenoxy) is 1. The van der Waals surface area contributed by atoms with E-state index in [1.54, 1.807) is 24.3 Å². The van der Waals surface area contributed by atoms with Crippen molar-refractivity contribution in [1.29, 1.82) is 0 Å². The van der Waals surface area contributed by atoms with E-state index in [9.17, 15) is 18.0 Å². The van der Waals surface area contributed by atoms with Gasteiger partial charge in [0.2, 0.25) is 10.0 Å². The van der Waals surface area contributed by atoms with Gasteiger partial charge in [0, 0.05) is 37.7 Å². The van der Waals surface area contributed by atoms with Gasteiger partial charge in [-0.25, -0.2) is 8.42 Å². The zero-order chi connectivity index (χ0) is 21.3. The fourth-order valence-electron chi connectivity index (χ4n) is 3.45. The summed E-state index contributed by atoms with van der Waals surface area (Å²) in [6, 6.07) is 11.3. The van der Waals surface area contributed by atoms with Crippen molar-refractivity contribution in [3.05, 3.63) is 53.1 Å². The van der Waals surface area contributed by atoms with E-state index in [1.165, 1.54) is 22.5 Å². The predicted molar refractivity (Wildman–Crippen MR) is 112 cm³/mol. The molecule has 0 radical (unpaired) electrons. The number of hydrogen-bond donors (Lipinski definition) is 1. The van der Waals surface area contributed by atoms with Crippen molar-refractivity contribution in [2.75, 3.05) is 44.6 Å². The molecule has 8 nitrogen and oxygen atoms in total. The highest BCUT2D eigenvalue weighted by atomic mass is 35.5. The fourth-order valence-corrected chi connectivity index (χ4v) is 5.02. The van der Waals surface area contributed by atoms with E-state index in [2.05, 4.69) is 10.2 Å². The predicted octanol–water partition coefficient (Wildman–Crippen LogP) is 1.86. The minimum Gasteiger partial charge on any atom is -0.492 e. The molecule has 2 aromatic carbocycles. The average Bonchev–Trinajstić information content (AvgIpc) is 3.03. The van der Waals surface area contributed by atoms with Crippen LogP contribution in [0.25, 0.3) is 0 Å². The van der Waals surface area contributed by atoms with Crippen LogP contribution < -0.4 is 10.1 Å². The van der Waals surface area contributed by atoms with Crippen LogP contribution in [0.4, 0.5) is 5.69 Å². The normalized spacial score (nSPS) is 17.6. The molecule has 1 fully saturated rings. The van der Waals surface area contributed by atoms with E-state index in [0.717, 1.165) is 5.75 Å². The fraction of sp³-hybridized carbons (Fsp3) is 0.300. The zero-order valence-corrected chi connectivity index (χ0v) is 17.6. The van der Waals surface area contributed by atoms with Crippen molar-refractivity contribution < 1.29 is 22.7 Å². The molecule has 10 heteroatoms. The molecular weight excluding hydrogens is 430 g/mol. The van der Waals surface area contributed by atoms with Crippen LogP contribution in [-0.2, 0) is 14.8 Å². The number of Topliss-reactive ketones (excluding diaryl/α,β-unsaturated/α-hetero) is 1. The third-order valence-corrected chi connectivity index (χ3v) is 7.30. The third-order valence-electron chi connectivity index (χ3n) is 5.15. The molecular formula is C20H20ClN3O5S. The van der Waals surface area contributed by atoms with Crippen LogP contribution in [0.2, 0.25) is 5.02 Å². The van der Waals surface area contributed by atoms with Crippen LogP contribution in [0.1, 0.15) is 10.4 Å². The number of sulfonamides is 1. The van der Waals surface area contributed by atoms with Crippen LogP contribution in [0, 0.1) is 0 Å². The summed E-state index contributed by atoms with van der Waals surface area (Å²) in [5.41, 5.74) is 0.438. The second kappa shape index (κ2) is 8.35. The minimum atomic E-state index is -3.74. The van der Waals surface area contributed by atoms with Gasteiger partial charge < -0.3 is 10.1 Å². The average molecular weight is 450 g/mol. The molecule has 0 aliphatic carbocycles. The molecule has 0 unspecified atom stereocenters. The van der Waals surface area contributed by atoms with Gasteiger partial charge in [0.15, 0.2) is 0 Å². The number of halogens is 1. The van der Waals surface area contributed by atoms with E-state index in [-0.39, 0.29) is 10.5 Å². The molecule has 158 valence electrons. The molecule has 2 aromatic rings. The number of rotatable bonds is 6. The Morgan fingerprint density at radius 3 is 2.40 bits per heavy atom. The van der Waals surface area contributed by atoms with Gasteiger partial charge in [-0.3, -0.25) is 14.5 Å². The van der Waals surface area contributed by atoms with Gasteiger partial charge in [-0.05, 0) is 42.5 Å². The lowest BCUT2D eigenvalue weighted by molar-refractivity contribution is -0.112. The van der Waals surface area contributed by atoms with Crippen molar-refractivity contribution in [3.63, 3.8) is 0 Å². The lowest BCUT2D eigenvalue weighted by Crippen LogP contribution is -2.49. The van der Waals surface area contributed by atoms with Crippen molar-refractivity contribution in [2.24, 2.45) is 0 Å². The summed E-state index contributed by atoms with van der Waals surface area (Å²) < 4.78 is 33.0. The van der Waals surface area contributed by atoms with E-state index in [0.29, 0.717) is 50.0 Å². The smallest absolute Gasteiger partial charge is 0.296 e. The van der Waals surface area contributed by atoms with Crippen LogP contribution in [0.15, 0.2) is 47.4 Å². The largest absolute Gasteiger partial charge is 0.492 e. The molecule has 2 aliphatic rings. The highest BCUT2D eigenvalue weighted by molar-refractivity contribution is 7.89. The second-order valence-corrected chi connectivity index (χ2v) is 9.41. The lowest BCUT2D eigenvalue weighted by Gasteiger charge is -2.33. The van der Waals surface area contributed by atoms with Gasteiger partial charge in [-0.1, -0.05) is 11.6 Å². The summed E-state index contributed by atoms with van der Waals surface area (Å²) in [4.78, 5) is 25.5. The number of nitrogens with zero attached hydrogens (tertiary/aromatic N) is 2.